The number of carbonyl (C=O) groups is 2. The molecular weight excluding hydrogens is 414 g/mol. The van der Waals surface area contributed by atoms with Crippen LogP contribution in [0.5, 0.6) is 5.75 Å². The molecule has 156 valence electrons. The maximum Gasteiger partial charge on any atom is 0.312 e. The third-order valence-corrected chi connectivity index (χ3v) is 4.79. The van der Waals surface area contributed by atoms with Gasteiger partial charge in [-0.2, -0.15) is 0 Å². The van der Waals surface area contributed by atoms with Crippen LogP contribution in [-0.2, 0) is 20.7 Å². The van der Waals surface area contributed by atoms with E-state index in [0.29, 0.717) is 23.1 Å². The van der Waals surface area contributed by atoms with Crippen molar-refractivity contribution in [3.8, 4) is 16.3 Å². The van der Waals surface area contributed by atoms with Crippen molar-refractivity contribution in [3.05, 3.63) is 65.2 Å². The highest BCUT2D eigenvalue weighted by Gasteiger charge is 2.14. The summed E-state index contributed by atoms with van der Waals surface area (Å²) in [6, 6.07) is 10.4. The van der Waals surface area contributed by atoms with E-state index < -0.39 is 30.1 Å². The van der Waals surface area contributed by atoms with Gasteiger partial charge in [-0.05, 0) is 31.2 Å². The highest BCUT2D eigenvalue weighted by atomic mass is 32.1. The fraction of sp³-hybridized carbons (Fsp3) is 0.190. The van der Waals surface area contributed by atoms with Gasteiger partial charge in [-0.3, -0.25) is 9.59 Å². The second kappa shape index (κ2) is 9.93. The Morgan fingerprint density at radius 1 is 1.13 bits per heavy atom. The van der Waals surface area contributed by atoms with E-state index in [2.05, 4.69) is 10.3 Å². The Kier molecular flexibility index (Phi) is 7.08. The summed E-state index contributed by atoms with van der Waals surface area (Å²) < 4.78 is 36.6. The van der Waals surface area contributed by atoms with Crippen molar-refractivity contribution in [2.75, 3.05) is 18.5 Å². The maximum absolute atomic E-state index is 13.2. The predicted octanol–water partition coefficient (Wildman–Crippen LogP) is 4.21. The number of anilines is 1. The number of ether oxygens (including phenoxy) is 2. The number of hydrogen-bond donors (Lipinski definition) is 1. The normalized spacial score (nSPS) is 10.5. The lowest BCUT2D eigenvalue weighted by Crippen LogP contribution is -2.21. The lowest BCUT2D eigenvalue weighted by Gasteiger charge is -2.07. The third kappa shape index (κ3) is 5.60. The summed E-state index contributed by atoms with van der Waals surface area (Å²) >= 11 is 1.37. The summed E-state index contributed by atoms with van der Waals surface area (Å²) in [6.45, 7) is 1.86. The number of para-hydroxylation sites is 1. The van der Waals surface area contributed by atoms with Gasteiger partial charge in [0.25, 0.3) is 5.91 Å². The van der Waals surface area contributed by atoms with Gasteiger partial charge < -0.3 is 14.8 Å². The van der Waals surface area contributed by atoms with Gasteiger partial charge in [0.1, 0.15) is 10.8 Å². The van der Waals surface area contributed by atoms with Crippen LogP contribution in [0.4, 0.5) is 14.5 Å². The minimum absolute atomic E-state index is 0.0621. The van der Waals surface area contributed by atoms with Crippen LogP contribution in [0.1, 0.15) is 12.6 Å². The molecule has 1 aromatic heterocycles. The van der Waals surface area contributed by atoms with Gasteiger partial charge in [-0.15, -0.1) is 11.3 Å². The van der Waals surface area contributed by atoms with Gasteiger partial charge in [0, 0.05) is 17.1 Å². The quantitative estimate of drug-likeness (QED) is 0.540. The number of halogens is 2. The zero-order chi connectivity index (χ0) is 21.5. The molecule has 1 heterocycles. The molecule has 0 saturated heterocycles. The highest BCUT2D eigenvalue weighted by Crippen LogP contribution is 2.32. The van der Waals surface area contributed by atoms with Crippen molar-refractivity contribution in [1.29, 1.82) is 0 Å². The highest BCUT2D eigenvalue weighted by molar-refractivity contribution is 7.13. The van der Waals surface area contributed by atoms with Crippen LogP contribution in [0, 0.1) is 11.6 Å². The maximum atomic E-state index is 13.2. The van der Waals surface area contributed by atoms with Gasteiger partial charge in [0.2, 0.25) is 0 Å². The van der Waals surface area contributed by atoms with E-state index in [-0.39, 0.29) is 12.1 Å². The van der Waals surface area contributed by atoms with Crippen molar-refractivity contribution in [2.24, 2.45) is 0 Å². The number of hydrogen-bond acceptors (Lipinski definition) is 6. The van der Waals surface area contributed by atoms with E-state index in [0.717, 1.165) is 17.7 Å². The monoisotopic (exact) mass is 432 g/mol. The first-order valence-electron chi connectivity index (χ1n) is 9.03. The van der Waals surface area contributed by atoms with E-state index in [9.17, 15) is 18.4 Å². The Morgan fingerprint density at radius 3 is 2.70 bits per heavy atom. The molecule has 0 unspecified atom stereocenters. The number of aromatic nitrogens is 1. The Balaban J connectivity index is 1.53. The van der Waals surface area contributed by atoms with Crippen molar-refractivity contribution in [2.45, 2.75) is 13.3 Å². The number of nitrogens with zero attached hydrogens (tertiary/aromatic N) is 1. The third-order valence-electron chi connectivity index (χ3n) is 3.86. The number of nitrogens with one attached hydrogen (secondary N) is 1. The number of esters is 1. The van der Waals surface area contributed by atoms with Crippen molar-refractivity contribution in [1.82, 2.24) is 4.98 Å². The summed E-state index contributed by atoms with van der Waals surface area (Å²) in [5.74, 6) is -2.71. The van der Waals surface area contributed by atoms with Crippen LogP contribution in [0.2, 0.25) is 0 Å². The lowest BCUT2D eigenvalue weighted by atomic mass is 10.2. The summed E-state index contributed by atoms with van der Waals surface area (Å²) in [5.41, 5.74) is 1.40. The Bertz CT molecular complexity index is 1050. The molecule has 6 nitrogen and oxygen atoms in total. The largest absolute Gasteiger partial charge is 0.493 e. The minimum atomic E-state index is -1.09. The molecule has 1 amide bonds. The standard InChI is InChI=1S/C21H18F2N2O4S/c1-2-28-18-6-4-3-5-15(18)21-25-14(12-30-21)10-20(27)29-11-19(26)24-13-7-8-16(22)17(23)9-13/h3-9,12H,2,10-11H2,1H3,(H,24,26). The second-order valence-corrected chi connectivity index (χ2v) is 6.95. The van der Waals surface area contributed by atoms with Crippen LogP contribution >= 0.6 is 11.3 Å². The van der Waals surface area contributed by atoms with Gasteiger partial charge in [0.05, 0.1) is 24.3 Å². The van der Waals surface area contributed by atoms with E-state index in [1.54, 1.807) is 5.38 Å². The molecule has 0 aliphatic heterocycles. The van der Waals surface area contributed by atoms with Crippen LogP contribution in [0.25, 0.3) is 10.6 Å². The SMILES string of the molecule is CCOc1ccccc1-c1nc(CC(=O)OCC(=O)Nc2ccc(F)c(F)c2)cs1. The van der Waals surface area contributed by atoms with Crippen LogP contribution < -0.4 is 10.1 Å². The molecule has 0 radical (unpaired) electrons. The topological polar surface area (TPSA) is 77.5 Å². The molecule has 0 atom stereocenters. The smallest absolute Gasteiger partial charge is 0.312 e. The summed E-state index contributed by atoms with van der Waals surface area (Å²) in [6.07, 6.45) is -0.105. The Hall–Kier alpha value is -3.33. The van der Waals surface area contributed by atoms with E-state index in [1.807, 2.05) is 31.2 Å². The van der Waals surface area contributed by atoms with Crippen molar-refractivity contribution < 1.29 is 27.8 Å². The van der Waals surface area contributed by atoms with Gasteiger partial charge in [0.15, 0.2) is 18.2 Å². The number of carbonyl (C=O) groups excluding carboxylic acids is 2. The van der Waals surface area contributed by atoms with E-state index >= 15 is 0 Å². The molecule has 0 aliphatic rings. The molecule has 2 aromatic carbocycles. The zero-order valence-electron chi connectivity index (χ0n) is 16.0. The molecule has 3 aromatic rings. The first kappa shape index (κ1) is 21.4. The molecule has 1 N–H and O–H groups in total. The van der Waals surface area contributed by atoms with Gasteiger partial charge in [-0.1, -0.05) is 12.1 Å². The van der Waals surface area contributed by atoms with Crippen molar-refractivity contribution in [3.63, 3.8) is 0 Å². The average molecular weight is 432 g/mol. The average Bonchev–Trinajstić information content (AvgIpc) is 3.18. The number of thiazole rings is 1. The molecule has 0 saturated carbocycles. The second-order valence-electron chi connectivity index (χ2n) is 6.09. The molecule has 0 bridgehead atoms. The number of rotatable bonds is 8. The predicted molar refractivity (Wildman–Crippen MR) is 108 cm³/mol. The molecular formula is C21H18F2N2O4S. The fourth-order valence-electron chi connectivity index (χ4n) is 2.55. The van der Waals surface area contributed by atoms with Crippen LogP contribution in [-0.4, -0.2) is 30.1 Å². The zero-order valence-corrected chi connectivity index (χ0v) is 16.8. The van der Waals surface area contributed by atoms with Gasteiger partial charge >= 0.3 is 5.97 Å². The molecule has 0 aliphatic carbocycles. The summed E-state index contributed by atoms with van der Waals surface area (Å²) in [7, 11) is 0. The first-order valence-corrected chi connectivity index (χ1v) is 9.91. The van der Waals surface area contributed by atoms with Crippen molar-refractivity contribution >= 4 is 28.9 Å². The summed E-state index contributed by atoms with van der Waals surface area (Å²) in [5, 5.41) is 4.77. The van der Waals surface area contributed by atoms with Crippen LogP contribution in [0.15, 0.2) is 47.8 Å². The molecule has 3 rings (SSSR count). The number of benzene rings is 2. The van der Waals surface area contributed by atoms with E-state index in [1.165, 1.54) is 17.4 Å². The van der Waals surface area contributed by atoms with E-state index in [4.69, 9.17) is 9.47 Å². The number of amides is 1. The molecule has 0 fully saturated rings. The Morgan fingerprint density at radius 2 is 1.93 bits per heavy atom. The molecule has 0 spiro atoms. The minimum Gasteiger partial charge on any atom is -0.493 e. The first-order chi connectivity index (χ1) is 14.5. The molecule has 30 heavy (non-hydrogen) atoms. The van der Waals surface area contributed by atoms with Gasteiger partial charge in [-0.25, -0.2) is 13.8 Å². The molecule has 9 heteroatoms. The lowest BCUT2D eigenvalue weighted by molar-refractivity contribution is -0.146. The fourth-order valence-corrected chi connectivity index (χ4v) is 3.40. The van der Waals surface area contributed by atoms with Crippen LogP contribution in [0.3, 0.4) is 0 Å². The summed E-state index contributed by atoms with van der Waals surface area (Å²) in [4.78, 5) is 28.3. The Labute approximate surface area is 175 Å².